The molecule has 3 rings (SSSR count). The molecule has 0 aliphatic carbocycles. The van der Waals surface area contributed by atoms with E-state index in [4.69, 9.17) is 9.47 Å². The Morgan fingerprint density at radius 2 is 1.37 bits per heavy atom. The van der Waals surface area contributed by atoms with Crippen molar-refractivity contribution in [2.45, 2.75) is 12.0 Å². The number of aromatic nitrogens is 2. The maximum Gasteiger partial charge on any atom is 0.319 e. The lowest BCUT2D eigenvalue weighted by Crippen LogP contribution is -2.30. The van der Waals surface area contributed by atoms with Crippen LogP contribution in [0.5, 0.6) is 11.9 Å². The summed E-state index contributed by atoms with van der Waals surface area (Å²) in [6.07, 6.45) is 0.0134. The van der Waals surface area contributed by atoms with Crippen LogP contribution in [-0.2, 0) is 12.0 Å². The predicted octanol–water partition coefficient (Wildman–Crippen LogP) is 3.25. The molecule has 0 bridgehead atoms. The minimum Gasteiger partial charge on any atom is -0.481 e. The molecule has 140 valence electrons. The van der Waals surface area contributed by atoms with Gasteiger partial charge < -0.3 is 14.6 Å². The second-order valence-electron chi connectivity index (χ2n) is 5.94. The van der Waals surface area contributed by atoms with Crippen LogP contribution in [0.2, 0.25) is 0 Å². The topological polar surface area (TPSA) is 64.5 Å². The van der Waals surface area contributed by atoms with Crippen molar-refractivity contribution in [3.8, 4) is 11.9 Å². The first-order valence-electron chi connectivity index (χ1n) is 8.15. The monoisotopic (exact) mass is 372 g/mol. The van der Waals surface area contributed by atoms with Crippen molar-refractivity contribution in [1.29, 1.82) is 0 Å². The van der Waals surface area contributed by atoms with Gasteiger partial charge in [0.2, 0.25) is 5.88 Å². The molecule has 5 nitrogen and oxygen atoms in total. The number of hydrogen-bond donors (Lipinski definition) is 1. The van der Waals surface area contributed by atoms with Crippen LogP contribution in [0.1, 0.15) is 16.8 Å². The van der Waals surface area contributed by atoms with E-state index >= 15 is 0 Å². The average molecular weight is 372 g/mol. The molecule has 0 aliphatic rings. The van der Waals surface area contributed by atoms with Gasteiger partial charge >= 0.3 is 6.01 Å². The summed E-state index contributed by atoms with van der Waals surface area (Å²) in [5.41, 5.74) is -0.264. The van der Waals surface area contributed by atoms with Gasteiger partial charge in [0.15, 0.2) is 0 Å². The predicted molar refractivity (Wildman–Crippen MR) is 94.6 cm³/mol. The molecule has 3 aromatic rings. The first-order chi connectivity index (χ1) is 12.9. The Balaban J connectivity index is 2.10. The summed E-state index contributed by atoms with van der Waals surface area (Å²) in [5, 5.41) is 11.5. The SMILES string of the molecule is COc1cc(CC(O)(c2ccc(F)cc2)c2ccc(F)cc2)nc(OC)n1. The van der Waals surface area contributed by atoms with Crippen molar-refractivity contribution in [2.75, 3.05) is 14.2 Å². The Kier molecular flexibility index (Phi) is 5.32. The zero-order chi connectivity index (χ0) is 19.4. The molecule has 0 radical (unpaired) electrons. The van der Waals surface area contributed by atoms with Crippen LogP contribution >= 0.6 is 0 Å². The molecule has 27 heavy (non-hydrogen) atoms. The molecule has 0 spiro atoms. The van der Waals surface area contributed by atoms with E-state index in [1.165, 1.54) is 62.8 Å². The van der Waals surface area contributed by atoms with Crippen molar-refractivity contribution in [3.05, 3.63) is 83.1 Å². The van der Waals surface area contributed by atoms with Gasteiger partial charge in [-0.2, -0.15) is 9.97 Å². The number of methoxy groups -OCH3 is 2. The highest BCUT2D eigenvalue weighted by atomic mass is 19.1. The van der Waals surface area contributed by atoms with E-state index in [1.54, 1.807) is 6.07 Å². The van der Waals surface area contributed by atoms with Gasteiger partial charge in [-0.05, 0) is 35.4 Å². The second-order valence-corrected chi connectivity index (χ2v) is 5.94. The quantitative estimate of drug-likeness (QED) is 0.720. The molecule has 0 saturated heterocycles. The zero-order valence-corrected chi connectivity index (χ0v) is 14.8. The van der Waals surface area contributed by atoms with Crippen LogP contribution < -0.4 is 9.47 Å². The Morgan fingerprint density at radius 1 is 0.852 bits per heavy atom. The molecule has 0 aliphatic heterocycles. The standard InChI is InChI=1S/C20H18F2N2O3/c1-26-18-11-17(23-19(24-18)27-2)12-20(25,13-3-7-15(21)8-4-13)14-5-9-16(22)10-6-14/h3-11,25H,12H2,1-2H3. The summed E-state index contributed by atoms with van der Waals surface area (Å²) < 4.78 is 37.0. The van der Waals surface area contributed by atoms with Crippen LogP contribution in [-0.4, -0.2) is 29.3 Å². The number of rotatable bonds is 6. The van der Waals surface area contributed by atoms with Crippen molar-refractivity contribution in [1.82, 2.24) is 9.97 Å². The summed E-state index contributed by atoms with van der Waals surface area (Å²) in [7, 11) is 2.88. The molecule has 2 aromatic carbocycles. The zero-order valence-electron chi connectivity index (χ0n) is 14.8. The number of aliphatic hydroxyl groups is 1. The van der Waals surface area contributed by atoms with Gasteiger partial charge in [0, 0.05) is 12.5 Å². The Labute approximate surface area is 155 Å². The fourth-order valence-electron chi connectivity index (χ4n) is 2.82. The first kappa shape index (κ1) is 18.7. The van der Waals surface area contributed by atoms with E-state index < -0.39 is 17.2 Å². The largest absolute Gasteiger partial charge is 0.481 e. The molecule has 1 N–H and O–H groups in total. The number of ether oxygens (including phenoxy) is 2. The van der Waals surface area contributed by atoms with Gasteiger partial charge in [-0.1, -0.05) is 24.3 Å². The Hall–Kier alpha value is -3.06. The molecule has 1 heterocycles. The summed E-state index contributed by atoms with van der Waals surface area (Å²) in [6, 6.07) is 12.6. The molecule has 0 fully saturated rings. The van der Waals surface area contributed by atoms with Crippen molar-refractivity contribution < 1.29 is 23.4 Å². The number of halogens is 2. The van der Waals surface area contributed by atoms with Crippen LogP contribution in [0.3, 0.4) is 0 Å². The molecule has 7 heteroatoms. The van der Waals surface area contributed by atoms with Gasteiger partial charge in [0.05, 0.1) is 19.9 Å². The van der Waals surface area contributed by atoms with Crippen molar-refractivity contribution in [2.24, 2.45) is 0 Å². The van der Waals surface area contributed by atoms with Crippen molar-refractivity contribution >= 4 is 0 Å². The Bertz CT molecular complexity index is 848. The van der Waals surface area contributed by atoms with Crippen LogP contribution in [0.25, 0.3) is 0 Å². The van der Waals surface area contributed by atoms with Crippen molar-refractivity contribution in [3.63, 3.8) is 0 Å². The van der Waals surface area contributed by atoms with E-state index in [1.807, 2.05) is 0 Å². The highest BCUT2D eigenvalue weighted by Crippen LogP contribution is 2.34. The summed E-state index contributed by atoms with van der Waals surface area (Å²) in [6.45, 7) is 0. The van der Waals surface area contributed by atoms with Gasteiger partial charge in [0.1, 0.15) is 17.2 Å². The third-order valence-corrected chi connectivity index (χ3v) is 4.21. The van der Waals surface area contributed by atoms with E-state index in [0.717, 1.165) is 0 Å². The lowest BCUT2D eigenvalue weighted by atomic mass is 9.82. The number of benzene rings is 2. The summed E-state index contributed by atoms with van der Waals surface area (Å²) in [4.78, 5) is 8.28. The normalized spacial score (nSPS) is 11.3. The fourth-order valence-corrected chi connectivity index (χ4v) is 2.82. The number of hydrogen-bond acceptors (Lipinski definition) is 5. The molecule has 0 saturated carbocycles. The van der Waals surface area contributed by atoms with E-state index in [-0.39, 0.29) is 18.3 Å². The fraction of sp³-hybridized carbons (Fsp3) is 0.200. The highest BCUT2D eigenvalue weighted by Gasteiger charge is 2.33. The van der Waals surface area contributed by atoms with Gasteiger partial charge in [-0.15, -0.1) is 0 Å². The summed E-state index contributed by atoms with van der Waals surface area (Å²) >= 11 is 0. The molecule has 0 atom stereocenters. The van der Waals surface area contributed by atoms with E-state index in [2.05, 4.69) is 9.97 Å². The summed E-state index contributed by atoms with van der Waals surface area (Å²) in [5.74, 6) is -0.575. The molecule has 1 aromatic heterocycles. The van der Waals surface area contributed by atoms with Gasteiger partial charge in [-0.25, -0.2) is 8.78 Å². The molecule has 0 amide bonds. The number of nitrogens with zero attached hydrogens (tertiary/aromatic N) is 2. The lowest BCUT2D eigenvalue weighted by Gasteiger charge is -2.29. The maximum absolute atomic E-state index is 13.4. The third kappa shape index (κ3) is 4.03. The minimum absolute atomic E-state index is 0.0134. The first-order valence-corrected chi connectivity index (χ1v) is 8.15. The van der Waals surface area contributed by atoms with Crippen LogP contribution in [0, 0.1) is 11.6 Å². The van der Waals surface area contributed by atoms with E-state index in [0.29, 0.717) is 16.8 Å². The highest BCUT2D eigenvalue weighted by molar-refractivity contribution is 5.38. The maximum atomic E-state index is 13.4. The van der Waals surface area contributed by atoms with Crippen LogP contribution in [0.15, 0.2) is 54.6 Å². The Morgan fingerprint density at radius 3 is 1.81 bits per heavy atom. The second kappa shape index (κ2) is 7.67. The molecular weight excluding hydrogens is 354 g/mol. The van der Waals surface area contributed by atoms with Gasteiger partial charge in [0.25, 0.3) is 0 Å². The minimum atomic E-state index is -1.58. The smallest absolute Gasteiger partial charge is 0.319 e. The van der Waals surface area contributed by atoms with Crippen LogP contribution in [0.4, 0.5) is 8.78 Å². The van der Waals surface area contributed by atoms with E-state index in [9.17, 15) is 13.9 Å². The lowest BCUT2D eigenvalue weighted by molar-refractivity contribution is 0.0796. The third-order valence-electron chi connectivity index (χ3n) is 4.21. The molecule has 0 unspecified atom stereocenters. The average Bonchev–Trinajstić information content (AvgIpc) is 2.68. The van der Waals surface area contributed by atoms with Gasteiger partial charge in [-0.3, -0.25) is 0 Å². The molecular formula is C20H18F2N2O3.